The van der Waals surface area contributed by atoms with Gasteiger partial charge in [-0.2, -0.15) is 0 Å². The van der Waals surface area contributed by atoms with Gasteiger partial charge in [-0.15, -0.1) is 0 Å². The molecule has 0 amide bonds. The van der Waals surface area contributed by atoms with Gasteiger partial charge >= 0.3 is 5.97 Å². The fourth-order valence-corrected chi connectivity index (χ4v) is 4.53. The van der Waals surface area contributed by atoms with Crippen LogP contribution in [0, 0.1) is 5.92 Å². The molecular formula is C25H24N4O3. The van der Waals surface area contributed by atoms with Crippen molar-refractivity contribution in [2.75, 3.05) is 5.73 Å². The molecule has 0 bridgehead atoms. The average Bonchev–Trinajstić information content (AvgIpc) is 3.21. The third kappa shape index (κ3) is 3.77. The minimum atomic E-state index is -0.731. The number of imidazole rings is 1. The van der Waals surface area contributed by atoms with Gasteiger partial charge in [0.2, 0.25) is 0 Å². The quantitative estimate of drug-likeness (QED) is 0.457. The smallest absolute Gasteiger partial charge is 0.306 e. The molecule has 5 rings (SSSR count). The number of rotatable bonds is 5. The number of aliphatic carboxylic acids is 1. The van der Waals surface area contributed by atoms with Crippen LogP contribution in [-0.4, -0.2) is 25.4 Å². The number of carboxylic acids is 1. The molecule has 4 aromatic rings. The molecule has 2 atom stereocenters. The number of aromatic nitrogens is 3. The van der Waals surface area contributed by atoms with E-state index in [0.29, 0.717) is 18.7 Å². The van der Waals surface area contributed by atoms with Crippen molar-refractivity contribution in [2.24, 2.45) is 5.92 Å². The van der Waals surface area contributed by atoms with Gasteiger partial charge in [-0.25, -0.2) is 9.97 Å². The van der Waals surface area contributed by atoms with Gasteiger partial charge in [-0.05, 0) is 55.7 Å². The Labute approximate surface area is 185 Å². The molecule has 1 aliphatic carbocycles. The van der Waals surface area contributed by atoms with Crippen molar-refractivity contribution in [3.8, 4) is 22.8 Å². The average molecular weight is 428 g/mol. The molecule has 0 aliphatic heterocycles. The van der Waals surface area contributed by atoms with E-state index in [9.17, 15) is 9.90 Å². The molecule has 0 saturated heterocycles. The normalized spacial score (nSPS) is 18.5. The summed E-state index contributed by atoms with van der Waals surface area (Å²) in [4.78, 5) is 20.8. The van der Waals surface area contributed by atoms with E-state index in [1.54, 1.807) is 6.20 Å². The number of fused-ring (bicyclic) bond motifs is 1. The highest BCUT2D eigenvalue weighted by Crippen LogP contribution is 2.39. The molecule has 0 radical (unpaired) electrons. The highest BCUT2D eigenvalue weighted by atomic mass is 16.5. The zero-order valence-electron chi connectivity index (χ0n) is 17.5. The van der Waals surface area contributed by atoms with Crippen LogP contribution in [0.15, 0.2) is 67.0 Å². The fraction of sp³-hybridized carbons (Fsp3) is 0.240. The monoisotopic (exact) mass is 428 g/mol. The van der Waals surface area contributed by atoms with Crippen LogP contribution in [0.25, 0.3) is 16.8 Å². The van der Waals surface area contributed by atoms with Crippen LogP contribution >= 0.6 is 0 Å². The topological polar surface area (TPSA) is 103 Å². The lowest BCUT2D eigenvalue weighted by atomic mass is 9.81. The highest BCUT2D eigenvalue weighted by molar-refractivity contribution is 5.85. The second-order valence-corrected chi connectivity index (χ2v) is 8.19. The number of nitrogen functional groups attached to an aromatic ring is 1. The number of para-hydroxylation sites is 1. The summed E-state index contributed by atoms with van der Waals surface area (Å²) < 4.78 is 7.87. The van der Waals surface area contributed by atoms with Gasteiger partial charge < -0.3 is 15.6 Å². The molecule has 3 N–H and O–H groups in total. The van der Waals surface area contributed by atoms with Crippen LogP contribution in [-0.2, 0) is 4.79 Å². The van der Waals surface area contributed by atoms with E-state index in [1.165, 1.54) is 0 Å². The molecule has 2 heterocycles. The Bertz CT molecular complexity index is 1250. The lowest BCUT2D eigenvalue weighted by Crippen LogP contribution is -2.22. The molecule has 7 nitrogen and oxygen atoms in total. The van der Waals surface area contributed by atoms with Gasteiger partial charge in [-0.3, -0.25) is 9.20 Å². The van der Waals surface area contributed by atoms with E-state index in [-0.39, 0.29) is 11.8 Å². The largest absolute Gasteiger partial charge is 0.481 e. The summed E-state index contributed by atoms with van der Waals surface area (Å²) in [7, 11) is 0. The lowest BCUT2D eigenvalue weighted by molar-refractivity contribution is -0.143. The number of anilines is 1. The summed E-state index contributed by atoms with van der Waals surface area (Å²) in [6.07, 6.45) is 6.60. The second-order valence-electron chi connectivity index (χ2n) is 8.19. The number of hydrogen-bond donors (Lipinski definition) is 2. The first-order valence-electron chi connectivity index (χ1n) is 10.8. The van der Waals surface area contributed by atoms with Crippen molar-refractivity contribution in [2.45, 2.75) is 31.6 Å². The highest BCUT2D eigenvalue weighted by Gasteiger charge is 2.31. The molecule has 2 aromatic heterocycles. The van der Waals surface area contributed by atoms with Crippen molar-refractivity contribution >= 4 is 17.3 Å². The SMILES string of the molecule is Nc1nccn2c(C3CCCC(C(=O)O)C3)nc(-c3ccc(Oc4ccccc4)cc3)c12. The molecule has 0 spiro atoms. The molecule has 1 fully saturated rings. The van der Waals surface area contributed by atoms with Crippen molar-refractivity contribution in [1.82, 2.24) is 14.4 Å². The Morgan fingerprint density at radius 3 is 2.56 bits per heavy atom. The predicted octanol–water partition coefficient (Wildman–Crippen LogP) is 5.13. The molecule has 1 aliphatic rings. The van der Waals surface area contributed by atoms with E-state index in [0.717, 1.165) is 46.9 Å². The first-order valence-corrected chi connectivity index (χ1v) is 10.8. The second kappa shape index (κ2) is 8.34. The molecule has 2 unspecified atom stereocenters. The number of carboxylic acid groups (broad SMARTS) is 1. The molecule has 162 valence electrons. The van der Waals surface area contributed by atoms with Gasteiger partial charge in [0.25, 0.3) is 0 Å². The number of ether oxygens (including phenoxy) is 1. The van der Waals surface area contributed by atoms with Gasteiger partial charge in [0.05, 0.1) is 5.92 Å². The maximum Gasteiger partial charge on any atom is 0.306 e. The standard InChI is InChI=1S/C25H24N4O3/c26-23-22-21(16-9-11-20(12-10-16)32-19-7-2-1-3-8-19)28-24(29(22)14-13-27-23)17-5-4-6-18(15-17)25(30)31/h1-3,7-14,17-18H,4-6,15H2,(H2,26,27)(H,30,31). The molecule has 7 heteroatoms. The minimum absolute atomic E-state index is 0.0635. The summed E-state index contributed by atoms with van der Waals surface area (Å²) in [5.74, 6) is 1.74. The predicted molar refractivity (Wildman–Crippen MR) is 122 cm³/mol. The van der Waals surface area contributed by atoms with Crippen LogP contribution < -0.4 is 10.5 Å². The molecular weight excluding hydrogens is 404 g/mol. The summed E-state index contributed by atoms with van der Waals surface area (Å²) in [6, 6.07) is 17.3. The maximum absolute atomic E-state index is 11.6. The number of benzene rings is 2. The molecule has 1 saturated carbocycles. The summed E-state index contributed by atoms with van der Waals surface area (Å²) in [5.41, 5.74) is 8.65. The Morgan fingerprint density at radius 2 is 1.81 bits per heavy atom. The van der Waals surface area contributed by atoms with Crippen molar-refractivity contribution in [3.63, 3.8) is 0 Å². The Kier molecular flexibility index (Phi) is 5.23. The first kappa shape index (κ1) is 20.1. The van der Waals surface area contributed by atoms with Crippen LogP contribution in [0.4, 0.5) is 5.82 Å². The third-order valence-corrected chi connectivity index (χ3v) is 6.11. The molecule has 2 aromatic carbocycles. The zero-order valence-corrected chi connectivity index (χ0v) is 17.5. The number of nitrogens with zero attached hydrogens (tertiary/aromatic N) is 3. The van der Waals surface area contributed by atoms with E-state index in [4.69, 9.17) is 15.5 Å². The number of nitrogens with two attached hydrogens (primary N) is 1. The Morgan fingerprint density at radius 1 is 1.06 bits per heavy atom. The van der Waals surface area contributed by atoms with Crippen LogP contribution in [0.1, 0.15) is 37.4 Å². The van der Waals surface area contributed by atoms with Gasteiger partial charge in [-0.1, -0.05) is 24.6 Å². The summed E-state index contributed by atoms with van der Waals surface area (Å²) in [6.45, 7) is 0. The first-order chi connectivity index (χ1) is 15.6. The lowest BCUT2D eigenvalue weighted by Gasteiger charge is -2.25. The summed E-state index contributed by atoms with van der Waals surface area (Å²) in [5, 5.41) is 9.51. The summed E-state index contributed by atoms with van der Waals surface area (Å²) >= 11 is 0. The Balaban J connectivity index is 1.51. The molecule has 32 heavy (non-hydrogen) atoms. The van der Waals surface area contributed by atoms with Gasteiger partial charge in [0.1, 0.15) is 34.4 Å². The van der Waals surface area contributed by atoms with Crippen LogP contribution in [0.2, 0.25) is 0 Å². The van der Waals surface area contributed by atoms with E-state index in [2.05, 4.69) is 4.98 Å². The fourth-order valence-electron chi connectivity index (χ4n) is 4.53. The van der Waals surface area contributed by atoms with E-state index >= 15 is 0 Å². The van der Waals surface area contributed by atoms with Crippen LogP contribution in [0.5, 0.6) is 11.5 Å². The van der Waals surface area contributed by atoms with Crippen molar-refractivity contribution in [3.05, 3.63) is 72.8 Å². The van der Waals surface area contributed by atoms with Crippen LogP contribution in [0.3, 0.4) is 0 Å². The zero-order chi connectivity index (χ0) is 22.1. The van der Waals surface area contributed by atoms with Gasteiger partial charge in [0, 0.05) is 23.9 Å². The third-order valence-electron chi connectivity index (χ3n) is 6.11. The number of hydrogen-bond acceptors (Lipinski definition) is 5. The van der Waals surface area contributed by atoms with E-state index in [1.807, 2.05) is 65.2 Å². The minimum Gasteiger partial charge on any atom is -0.481 e. The Hall–Kier alpha value is -3.87. The van der Waals surface area contributed by atoms with E-state index < -0.39 is 5.97 Å². The van der Waals surface area contributed by atoms with Crippen molar-refractivity contribution < 1.29 is 14.6 Å². The van der Waals surface area contributed by atoms with Crippen molar-refractivity contribution in [1.29, 1.82) is 0 Å². The number of carbonyl (C=O) groups is 1. The van der Waals surface area contributed by atoms with Gasteiger partial charge in [0.15, 0.2) is 0 Å². The maximum atomic E-state index is 11.6.